The normalized spacial score (nSPS) is 22.5. The molecule has 0 atom stereocenters. The van der Waals surface area contributed by atoms with Crippen LogP contribution in [0, 0.1) is 0 Å². The van der Waals surface area contributed by atoms with Gasteiger partial charge in [-0.15, -0.1) is 11.3 Å². The number of thiophene rings is 1. The van der Waals surface area contributed by atoms with Crippen molar-refractivity contribution in [1.82, 2.24) is 9.80 Å². The van der Waals surface area contributed by atoms with E-state index in [0.29, 0.717) is 10.9 Å². The molecule has 21 heavy (non-hydrogen) atoms. The van der Waals surface area contributed by atoms with Gasteiger partial charge in [0.15, 0.2) is 0 Å². The van der Waals surface area contributed by atoms with Crippen LogP contribution in [0.4, 0.5) is 0 Å². The van der Waals surface area contributed by atoms with Crippen LogP contribution in [0.5, 0.6) is 0 Å². The molecular weight excluding hydrogens is 324 g/mol. The molecule has 112 valence electrons. The van der Waals surface area contributed by atoms with Crippen molar-refractivity contribution in [2.75, 3.05) is 39.4 Å². The fourth-order valence-electron chi connectivity index (χ4n) is 2.26. The highest BCUT2D eigenvalue weighted by Gasteiger charge is 2.32. The molecule has 2 fully saturated rings. The van der Waals surface area contributed by atoms with Crippen LogP contribution in [0.3, 0.4) is 0 Å². The lowest BCUT2D eigenvalue weighted by molar-refractivity contribution is -0.122. The number of thiocarbonyl (C=S) groups is 1. The summed E-state index contributed by atoms with van der Waals surface area (Å²) in [5.41, 5.74) is 0. The largest absolute Gasteiger partial charge is 0.379 e. The zero-order valence-electron chi connectivity index (χ0n) is 11.5. The highest BCUT2D eigenvalue weighted by Crippen LogP contribution is 2.33. The molecule has 0 radical (unpaired) electrons. The topological polar surface area (TPSA) is 32.8 Å². The Morgan fingerprint density at radius 1 is 1.33 bits per heavy atom. The molecule has 1 aromatic heterocycles. The minimum atomic E-state index is 0.0339. The Morgan fingerprint density at radius 2 is 2.14 bits per heavy atom. The van der Waals surface area contributed by atoms with Gasteiger partial charge < -0.3 is 4.74 Å². The first-order valence-electron chi connectivity index (χ1n) is 6.83. The summed E-state index contributed by atoms with van der Waals surface area (Å²) >= 11 is 8.37. The van der Waals surface area contributed by atoms with Crippen molar-refractivity contribution in [3.05, 3.63) is 27.3 Å². The molecule has 0 aliphatic carbocycles. The number of nitrogens with zero attached hydrogens (tertiary/aromatic N) is 2. The van der Waals surface area contributed by atoms with Gasteiger partial charge in [-0.3, -0.25) is 14.6 Å². The van der Waals surface area contributed by atoms with Gasteiger partial charge in [-0.25, -0.2) is 0 Å². The third-order valence-corrected chi connectivity index (χ3v) is 5.63. The number of carbonyl (C=O) groups excluding carboxylic acids is 1. The first-order valence-corrected chi connectivity index (χ1v) is 8.93. The zero-order valence-corrected chi connectivity index (χ0v) is 13.9. The van der Waals surface area contributed by atoms with E-state index in [0.717, 1.165) is 42.6 Å². The summed E-state index contributed by atoms with van der Waals surface area (Å²) < 4.78 is 5.99. The van der Waals surface area contributed by atoms with Crippen molar-refractivity contribution in [1.29, 1.82) is 0 Å². The number of morpholine rings is 1. The van der Waals surface area contributed by atoms with Gasteiger partial charge in [-0.2, -0.15) is 0 Å². The first kappa shape index (κ1) is 15.2. The molecule has 3 rings (SSSR count). The number of carbonyl (C=O) groups is 1. The molecule has 2 aliphatic heterocycles. The molecule has 2 aliphatic rings. The molecule has 0 N–H and O–H groups in total. The molecule has 0 bridgehead atoms. The number of hydrogen-bond acceptors (Lipinski definition) is 6. The van der Waals surface area contributed by atoms with Crippen LogP contribution >= 0.6 is 35.3 Å². The molecule has 1 aromatic rings. The van der Waals surface area contributed by atoms with E-state index in [1.165, 1.54) is 11.8 Å². The standard InChI is InChI=1S/C14H16N2O2S3/c17-13-12(10-11-2-1-9-20-11)21-14(19)16(13)4-3-15-5-7-18-8-6-15/h1-2,9-10H,3-8H2. The van der Waals surface area contributed by atoms with Crippen molar-refractivity contribution < 1.29 is 9.53 Å². The predicted molar refractivity (Wildman–Crippen MR) is 91.5 cm³/mol. The van der Waals surface area contributed by atoms with Gasteiger partial charge in [0.25, 0.3) is 5.91 Å². The number of ether oxygens (including phenoxy) is 1. The van der Waals surface area contributed by atoms with Gasteiger partial charge in [-0.05, 0) is 17.5 Å². The first-order chi connectivity index (χ1) is 10.2. The van der Waals surface area contributed by atoms with Crippen LogP contribution in [0.2, 0.25) is 0 Å². The molecule has 4 nitrogen and oxygen atoms in total. The Hall–Kier alpha value is -0.730. The fraction of sp³-hybridized carbons (Fsp3) is 0.429. The summed E-state index contributed by atoms with van der Waals surface area (Å²) in [6.07, 6.45) is 1.93. The Balaban J connectivity index is 1.61. The van der Waals surface area contributed by atoms with E-state index >= 15 is 0 Å². The summed E-state index contributed by atoms with van der Waals surface area (Å²) in [4.78, 5) is 18.3. The van der Waals surface area contributed by atoms with Crippen LogP contribution in [0.15, 0.2) is 22.4 Å². The zero-order chi connectivity index (χ0) is 14.7. The second-order valence-electron chi connectivity index (χ2n) is 4.80. The Kier molecular flexibility index (Phi) is 5.07. The monoisotopic (exact) mass is 340 g/mol. The van der Waals surface area contributed by atoms with E-state index in [4.69, 9.17) is 17.0 Å². The highest BCUT2D eigenvalue weighted by molar-refractivity contribution is 8.26. The summed E-state index contributed by atoms with van der Waals surface area (Å²) in [6, 6.07) is 3.99. The maximum absolute atomic E-state index is 12.4. The lowest BCUT2D eigenvalue weighted by Crippen LogP contribution is -2.42. The second-order valence-corrected chi connectivity index (χ2v) is 7.46. The minimum absolute atomic E-state index is 0.0339. The van der Waals surface area contributed by atoms with Crippen LogP contribution in [0.25, 0.3) is 6.08 Å². The van der Waals surface area contributed by atoms with Crippen LogP contribution in [-0.4, -0.2) is 59.4 Å². The van der Waals surface area contributed by atoms with Crippen molar-refractivity contribution >= 4 is 51.6 Å². The van der Waals surface area contributed by atoms with Gasteiger partial charge in [-0.1, -0.05) is 30.0 Å². The summed E-state index contributed by atoms with van der Waals surface area (Å²) in [5.74, 6) is 0.0339. The molecule has 1 amide bonds. The third kappa shape index (κ3) is 3.73. The molecular formula is C14H16N2O2S3. The van der Waals surface area contributed by atoms with Crippen molar-refractivity contribution in [3.63, 3.8) is 0 Å². The maximum Gasteiger partial charge on any atom is 0.266 e. The average Bonchev–Trinajstić information content (AvgIpc) is 3.09. The van der Waals surface area contributed by atoms with E-state index in [9.17, 15) is 4.79 Å². The lowest BCUT2D eigenvalue weighted by Gasteiger charge is -2.28. The molecule has 7 heteroatoms. The molecule has 0 saturated carbocycles. The molecule has 3 heterocycles. The smallest absolute Gasteiger partial charge is 0.266 e. The van der Waals surface area contributed by atoms with Gasteiger partial charge >= 0.3 is 0 Å². The van der Waals surface area contributed by atoms with Gasteiger partial charge in [0, 0.05) is 31.1 Å². The Bertz CT molecular complexity index is 551. The van der Waals surface area contributed by atoms with Gasteiger partial charge in [0.1, 0.15) is 4.32 Å². The SMILES string of the molecule is O=C1C(=Cc2cccs2)SC(=S)N1CCN1CCOCC1. The fourth-order valence-corrected chi connectivity index (χ4v) is 4.29. The summed E-state index contributed by atoms with van der Waals surface area (Å²) in [7, 11) is 0. The molecule has 2 saturated heterocycles. The molecule has 0 unspecified atom stereocenters. The lowest BCUT2D eigenvalue weighted by atomic mass is 10.3. The van der Waals surface area contributed by atoms with Crippen molar-refractivity contribution in [2.24, 2.45) is 0 Å². The number of amides is 1. The Morgan fingerprint density at radius 3 is 2.86 bits per heavy atom. The van der Waals surface area contributed by atoms with Gasteiger partial charge in [0.05, 0.1) is 18.1 Å². The van der Waals surface area contributed by atoms with Crippen LogP contribution in [0.1, 0.15) is 4.88 Å². The third-order valence-electron chi connectivity index (χ3n) is 3.43. The number of rotatable bonds is 4. The van der Waals surface area contributed by atoms with Crippen molar-refractivity contribution in [2.45, 2.75) is 0 Å². The predicted octanol–water partition coefficient (Wildman–Crippen LogP) is 2.28. The van der Waals surface area contributed by atoms with E-state index in [1.54, 1.807) is 16.2 Å². The second kappa shape index (κ2) is 7.02. The van der Waals surface area contributed by atoms with Crippen LogP contribution < -0.4 is 0 Å². The number of thioether (sulfide) groups is 1. The highest BCUT2D eigenvalue weighted by atomic mass is 32.2. The van der Waals surface area contributed by atoms with Gasteiger partial charge in [0.2, 0.25) is 0 Å². The number of hydrogen-bond donors (Lipinski definition) is 0. The quantitative estimate of drug-likeness (QED) is 0.620. The van der Waals surface area contributed by atoms with E-state index in [2.05, 4.69) is 4.90 Å². The summed E-state index contributed by atoms with van der Waals surface area (Å²) in [6.45, 7) is 4.92. The van der Waals surface area contributed by atoms with Crippen molar-refractivity contribution in [3.8, 4) is 0 Å². The average molecular weight is 340 g/mol. The maximum atomic E-state index is 12.4. The van der Waals surface area contributed by atoms with E-state index < -0.39 is 0 Å². The van der Waals surface area contributed by atoms with E-state index in [-0.39, 0.29) is 5.91 Å². The van der Waals surface area contributed by atoms with Crippen LogP contribution in [-0.2, 0) is 9.53 Å². The molecule has 0 aromatic carbocycles. The Labute approximate surface area is 137 Å². The minimum Gasteiger partial charge on any atom is -0.379 e. The molecule has 0 spiro atoms. The summed E-state index contributed by atoms with van der Waals surface area (Å²) in [5, 5.41) is 2.00. The van der Waals surface area contributed by atoms with E-state index in [1.807, 2.05) is 23.6 Å².